The number of aliphatic hydroxyl groups is 1. The molecule has 1 aliphatic heterocycles. The van der Waals surface area contributed by atoms with Gasteiger partial charge in [0, 0.05) is 35.4 Å². The Kier molecular flexibility index (Phi) is 4.85. The lowest BCUT2D eigenvalue weighted by Gasteiger charge is -2.16. The molecule has 0 atom stereocenters. The van der Waals surface area contributed by atoms with Crippen LogP contribution in [0.25, 0.3) is 10.9 Å². The van der Waals surface area contributed by atoms with E-state index in [2.05, 4.69) is 32.3 Å². The summed E-state index contributed by atoms with van der Waals surface area (Å²) in [4.78, 5) is 13.2. The van der Waals surface area contributed by atoms with Crippen molar-refractivity contribution in [3.63, 3.8) is 0 Å². The van der Waals surface area contributed by atoms with Crippen LogP contribution in [0.3, 0.4) is 0 Å². The first kappa shape index (κ1) is 20.8. The Morgan fingerprint density at radius 1 is 1.12 bits per heavy atom. The Morgan fingerprint density at radius 2 is 1.91 bits per heavy atom. The van der Waals surface area contributed by atoms with Crippen LogP contribution in [0.1, 0.15) is 37.4 Å². The molecule has 0 bridgehead atoms. The molecule has 1 saturated carbocycles. The monoisotopic (exact) mass is 442 g/mol. The molecule has 1 aliphatic carbocycles. The van der Waals surface area contributed by atoms with Crippen LogP contribution in [0, 0.1) is 0 Å². The van der Waals surface area contributed by atoms with Crippen molar-refractivity contribution >= 4 is 22.5 Å². The fraction of sp³-hybridized carbons (Fsp3) is 0.375. The molecule has 2 N–H and O–H groups in total. The summed E-state index contributed by atoms with van der Waals surface area (Å²) in [6.07, 6.45) is -0.864. The quantitative estimate of drug-likeness (QED) is 0.562. The van der Waals surface area contributed by atoms with Gasteiger partial charge in [-0.2, -0.15) is 0 Å². The molecule has 1 aromatic heterocycles. The van der Waals surface area contributed by atoms with Gasteiger partial charge in [0.1, 0.15) is 0 Å². The number of carbonyl (C=O) groups excluding carboxylic acids is 1. The largest absolute Gasteiger partial charge is 0.586 e. The summed E-state index contributed by atoms with van der Waals surface area (Å²) >= 11 is 0. The number of hydrogen-bond donors (Lipinski definition) is 2. The minimum atomic E-state index is -3.68. The van der Waals surface area contributed by atoms with E-state index in [1.54, 1.807) is 6.07 Å². The number of nitrogens with one attached hydrogen (secondary N) is 1. The van der Waals surface area contributed by atoms with E-state index in [1.165, 1.54) is 17.8 Å². The number of aliphatic hydroxyl groups excluding tert-OH is 1. The molecule has 2 heterocycles. The highest BCUT2D eigenvalue weighted by atomic mass is 19.3. The SMILES string of the molecule is CCc1cc2cc(NC(=O)C3(c4ccc5c(c4)OC(F)(F)O5)CC3)ccc2n1CCCO. The first-order valence-corrected chi connectivity index (χ1v) is 10.8. The van der Waals surface area contributed by atoms with E-state index in [4.69, 9.17) is 0 Å². The number of aromatic nitrogens is 1. The number of alkyl halides is 2. The van der Waals surface area contributed by atoms with E-state index in [-0.39, 0.29) is 24.0 Å². The van der Waals surface area contributed by atoms with Crippen LogP contribution in [0.15, 0.2) is 42.5 Å². The van der Waals surface area contributed by atoms with Crippen LogP contribution in [0.2, 0.25) is 0 Å². The van der Waals surface area contributed by atoms with Crippen molar-refractivity contribution in [3.05, 3.63) is 53.7 Å². The van der Waals surface area contributed by atoms with Gasteiger partial charge in [0.15, 0.2) is 11.5 Å². The molecule has 0 saturated heterocycles. The lowest BCUT2D eigenvalue weighted by atomic mass is 9.94. The van der Waals surface area contributed by atoms with Crippen LogP contribution >= 0.6 is 0 Å². The van der Waals surface area contributed by atoms with Crippen LogP contribution in [-0.2, 0) is 23.2 Å². The predicted octanol–water partition coefficient (Wildman–Crippen LogP) is 4.58. The Hall–Kier alpha value is -3.13. The van der Waals surface area contributed by atoms with Crippen molar-refractivity contribution in [1.82, 2.24) is 4.57 Å². The van der Waals surface area contributed by atoms with Crippen LogP contribution in [0.5, 0.6) is 11.5 Å². The summed E-state index contributed by atoms with van der Waals surface area (Å²) in [5, 5.41) is 13.2. The zero-order valence-corrected chi connectivity index (χ0v) is 17.7. The van der Waals surface area contributed by atoms with Gasteiger partial charge in [0.25, 0.3) is 0 Å². The summed E-state index contributed by atoms with van der Waals surface area (Å²) in [5.74, 6) is -0.250. The maximum Gasteiger partial charge on any atom is 0.586 e. The van der Waals surface area contributed by atoms with Gasteiger partial charge in [0.2, 0.25) is 5.91 Å². The summed E-state index contributed by atoms with van der Waals surface area (Å²) in [7, 11) is 0. The molecule has 0 radical (unpaired) electrons. The Bertz CT molecular complexity index is 1200. The van der Waals surface area contributed by atoms with E-state index in [0.717, 1.165) is 23.9 Å². The number of fused-ring (bicyclic) bond motifs is 2. The number of nitrogens with zero attached hydrogens (tertiary/aromatic N) is 1. The zero-order valence-electron chi connectivity index (χ0n) is 17.7. The van der Waals surface area contributed by atoms with Gasteiger partial charge in [0.05, 0.1) is 5.41 Å². The molecule has 0 unspecified atom stereocenters. The van der Waals surface area contributed by atoms with Gasteiger partial charge in [-0.25, -0.2) is 0 Å². The first-order valence-electron chi connectivity index (χ1n) is 10.8. The summed E-state index contributed by atoms with van der Waals surface area (Å²) < 4.78 is 37.9. The van der Waals surface area contributed by atoms with E-state index in [0.29, 0.717) is 30.5 Å². The molecular formula is C24H24F2N2O4. The summed E-state index contributed by atoms with van der Waals surface area (Å²) in [6.45, 7) is 2.96. The number of halogens is 2. The van der Waals surface area contributed by atoms with E-state index < -0.39 is 11.7 Å². The van der Waals surface area contributed by atoms with Crippen LogP contribution in [0.4, 0.5) is 14.5 Å². The van der Waals surface area contributed by atoms with Crippen molar-refractivity contribution < 1.29 is 28.2 Å². The van der Waals surface area contributed by atoms with E-state index in [9.17, 15) is 18.7 Å². The minimum Gasteiger partial charge on any atom is -0.396 e. The number of benzene rings is 2. The van der Waals surface area contributed by atoms with Crippen LogP contribution in [-0.4, -0.2) is 28.5 Å². The smallest absolute Gasteiger partial charge is 0.396 e. The maximum absolute atomic E-state index is 13.3. The number of rotatable bonds is 7. The summed E-state index contributed by atoms with van der Waals surface area (Å²) in [5.41, 5.74) is 2.80. The molecule has 5 rings (SSSR count). The third kappa shape index (κ3) is 3.48. The third-order valence-electron chi connectivity index (χ3n) is 6.29. The van der Waals surface area contributed by atoms with Crippen molar-refractivity contribution in [1.29, 1.82) is 0 Å². The Balaban J connectivity index is 1.38. The molecule has 0 spiro atoms. The number of anilines is 1. The molecule has 168 valence electrons. The molecule has 3 aromatic rings. The number of amides is 1. The van der Waals surface area contributed by atoms with Gasteiger partial charge in [-0.3, -0.25) is 4.79 Å². The molecular weight excluding hydrogens is 418 g/mol. The highest BCUT2D eigenvalue weighted by molar-refractivity contribution is 6.02. The van der Waals surface area contributed by atoms with Crippen molar-refractivity contribution in [2.75, 3.05) is 11.9 Å². The second-order valence-electron chi connectivity index (χ2n) is 8.36. The van der Waals surface area contributed by atoms with Crippen LogP contribution < -0.4 is 14.8 Å². The summed E-state index contributed by atoms with van der Waals surface area (Å²) in [6, 6.07) is 12.4. The third-order valence-corrected chi connectivity index (χ3v) is 6.29. The molecule has 1 fully saturated rings. The van der Waals surface area contributed by atoms with E-state index in [1.807, 2.05) is 18.2 Å². The highest BCUT2D eigenvalue weighted by Gasteiger charge is 2.52. The lowest BCUT2D eigenvalue weighted by molar-refractivity contribution is -0.286. The Morgan fingerprint density at radius 3 is 2.62 bits per heavy atom. The maximum atomic E-state index is 13.3. The first-order chi connectivity index (χ1) is 15.3. The van der Waals surface area contributed by atoms with Crippen molar-refractivity contribution in [3.8, 4) is 11.5 Å². The molecule has 2 aromatic carbocycles. The van der Waals surface area contributed by atoms with Gasteiger partial charge >= 0.3 is 6.29 Å². The second kappa shape index (κ2) is 7.48. The number of aryl methyl sites for hydroxylation is 2. The lowest BCUT2D eigenvalue weighted by Crippen LogP contribution is -2.27. The molecule has 2 aliphatic rings. The van der Waals surface area contributed by atoms with Gasteiger partial charge in [-0.1, -0.05) is 13.0 Å². The van der Waals surface area contributed by atoms with Gasteiger partial charge in [-0.05, 0) is 67.6 Å². The van der Waals surface area contributed by atoms with E-state index >= 15 is 0 Å². The highest BCUT2D eigenvalue weighted by Crippen LogP contribution is 2.52. The van der Waals surface area contributed by atoms with Gasteiger partial charge < -0.3 is 24.5 Å². The topological polar surface area (TPSA) is 72.7 Å². The predicted molar refractivity (Wildman–Crippen MR) is 115 cm³/mol. The zero-order chi connectivity index (χ0) is 22.5. The number of hydrogen-bond acceptors (Lipinski definition) is 4. The Labute approximate surface area is 183 Å². The second-order valence-corrected chi connectivity index (χ2v) is 8.36. The average Bonchev–Trinajstić information content (AvgIpc) is 3.41. The number of carbonyl (C=O) groups is 1. The molecule has 6 nitrogen and oxygen atoms in total. The minimum absolute atomic E-state index is 0.0298. The number of ether oxygens (including phenoxy) is 2. The average molecular weight is 442 g/mol. The van der Waals surface area contributed by atoms with Crippen molar-refractivity contribution in [2.45, 2.75) is 50.9 Å². The normalized spacial score (nSPS) is 17.5. The van der Waals surface area contributed by atoms with Gasteiger partial charge in [-0.15, -0.1) is 8.78 Å². The molecule has 32 heavy (non-hydrogen) atoms. The molecule has 8 heteroatoms. The fourth-order valence-corrected chi connectivity index (χ4v) is 4.46. The molecule has 1 amide bonds. The van der Waals surface area contributed by atoms with Crippen molar-refractivity contribution in [2.24, 2.45) is 0 Å². The fourth-order valence-electron chi connectivity index (χ4n) is 4.46. The standard InChI is InChI=1S/C24H24F2N2O4/c1-2-18-13-15-12-17(5-6-19(15)28(18)10-3-11-29)27-22(30)23(8-9-23)16-4-7-20-21(14-16)32-24(25,26)31-20/h4-7,12-14,29H,2-3,8-11H2,1H3,(H,27,30).